The monoisotopic (exact) mass is 316 g/mol. The van der Waals surface area contributed by atoms with Crippen molar-refractivity contribution in [1.29, 1.82) is 0 Å². The molecule has 0 saturated carbocycles. The van der Waals surface area contributed by atoms with Crippen LogP contribution in [-0.2, 0) is 0 Å². The van der Waals surface area contributed by atoms with Crippen molar-refractivity contribution < 1.29 is 4.92 Å². The van der Waals surface area contributed by atoms with Gasteiger partial charge in [-0.25, -0.2) is 4.79 Å². The third-order valence-corrected chi connectivity index (χ3v) is 3.35. The van der Waals surface area contributed by atoms with Crippen molar-refractivity contribution in [2.45, 2.75) is 0 Å². The summed E-state index contributed by atoms with van der Waals surface area (Å²) in [5.74, 6) is 0. The van der Waals surface area contributed by atoms with Gasteiger partial charge in [-0.2, -0.15) is 0 Å². The Labute approximate surface area is 128 Å². The molecular weight excluding hydrogens is 308 g/mol. The SMILES string of the molecule is O=c1[nH]c2ccc(N=Cc3ccc(Cl)c([N+](=O)[O-])c3)cc2[nH]1. The minimum atomic E-state index is -0.545. The van der Waals surface area contributed by atoms with Gasteiger partial charge in [-0.1, -0.05) is 17.7 Å². The maximum Gasteiger partial charge on any atom is 0.323 e. The first-order valence-electron chi connectivity index (χ1n) is 6.23. The lowest BCUT2D eigenvalue weighted by molar-refractivity contribution is -0.384. The second kappa shape index (κ2) is 5.45. The van der Waals surface area contributed by atoms with Gasteiger partial charge in [0.2, 0.25) is 0 Å². The molecule has 22 heavy (non-hydrogen) atoms. The zero-order valence-corrected chi connectivity index (χ0v) is 11.8. The van der Waals surface area contributed by atoms with Crippen molar-refractivity contribution in [3.63, 3.8) is 0 Å². The van der Waals surface area contributed by atoms with Crippen LogP contribution in [0.4, 0.5) is 11.4 Å². The molecule has 1 heterocycles. The molecule has 1 aromatic heterocycles. The van der Waals surface area contributed by atoms with Crippen LogP contribution in [0.25, 0.3) is 11.0 Å². The zero-order chi connectivity index (χ0) is 15.7. The number of rotatable bonds is 3. The molecule has 0 radical (unpaired) electrons. The molecule has 2 aromatic carbocycles. The van der Waals surface area contributed by atoms with E-state index in [-0.39, 0.29) is 16.4 Å². The molecule has 0 spiro atoms. The van der Waals surface area contributed by atoms with E-state index in [9.17, 15) is 14.9 Å². The predicted molar refractivity (Wildman–Crippen MR) is 84.3 cm³/mol. The first-order chi connectivity index (χ1) is 10.5. The molecule has 0 aliphatic rings. The summed E-state index contributed by atoms with van der Waals surface area (Å²) in [6.45, 7) is 0. The number of hydrogen-bond donors (Lipinski definition) is 2. The number of H-pyrrole nitrogens is 2. The van der Waals surface area contributed by atoms with Gasteiger partial charge < -0.3 is 9.97 Å². The molecule has 0 fully saturated rings. The van der Waals surface area contributed by atoms with Gasteiger partial charge >= 0.3 is 5.69 Å². The van der Waals surface area contributed by atoms with E-state index in [2.05, 4.69) is 15.0 Å². The van der Waals surface area contributed by atoms with Crippen LogP contribution in [0.2, 0.25) is 5.02 Å². The standard InChI is InChI=1S/C14H9ClN4O3/c15-10-3-1-8(5-13(10)19(21)22)7-16-9-2-4-11-12(6-9)18-14(20)17-11/h1-7H,(H2,17,18,20). The van der Waals surface area contributed by atoms with Crippen LogP contribution in [0, 0.1) is 10.1 Å². The number of aromatic amines is 2. The summed E-state index contributed by atoms with van der Waals surface area (Å²) in [5.41, 5.74) is 2.03. The lowest BCUT2D eigenvalue weighted by atomic mass is 10.2. The van der Waals surface area contributed by atoms with Crippen LogP contribution in [-0.4, -0.2) is 21.1 Å². The van der Waals surface area contributed by atoms with Gasteiger partial charge in [0, 0.05) is 12.3 Å². The molecule has 110 valence electrons. The van der Waals surface area contributed by atoms with Crippen molar-refractivity contribution in [2.24, 2.45) is 4.99 Å². The molecule has 0 aliphatic carbocycles. The second-order valence-electron chi connectivity index (χ2n) is 4.54. The molecule has 0 atom stereocenters. The van der Waals surface area contributed by atoms with Crippen molar-refractivity contribution in [3.8, 4) is 0 Å². The van der Waals surface area contributed by atoms with Gasteiger partial charge in [0.1, 0.15) is 5.02 Å². The molecule has 0 saturated heterocycles. The van der Waals surface area contributed by atoms with Crippen LogP contribution < -0.4 is 5.69 Å². The summed E-state index contributed by atoms with van der Waals surface area (Å²) in [6, 6.07) is 9.59. The predicted octanol–water partition coefficient (Wildman–Crippen LogP) is 3.17. The Balaban J connectivity index is 1.93. The van der Waals surface area contributed by atoms with Crippen molar-refractivity contribution in [1.82, 2.24) is 9.97 Å². The highest BCUT2D eigenvalue weighted by molar-refractivity contribution is 6.32. The van der Waals surface area contributed by atoms with E-state index in [1.165, 1.54) is 18.3 Å². The quantitative estimate of drug-likeness (QED) is 0.440. The van der Waals surface area contributed by atoms with Crippen LogP contribution in [0.5, 0.6) is 0 Å². The van der Waals surface area contributed by atoms with Crippen LogP contribution in [0.3, 0.4) is 0 Å². The molecule has 0 bridgehead atoms. The van der Waals surface area contributed by atoms with Gasteiger partial charge in [0.05, 0.1) is 21.6 Å². The molecule has 0 amide bonds. The molecule has 0 unspecified atom stereocenters. The number of benzene rings is 2. The van der Waals surface area contributed by atoms with E-state index in [0.717, 1.165) is 0 Å². The first kappa shape index (κ1) is 14.0. The van der Waals surface area contributed by atoms with Crippen molar-refractivity contribution in [3.05, 3.63) is 67.6 Å². The molecule has 8 heteroatoms. The number of nitro groups is 1. The number of imidazole rings is 1. The first-order valence-corrected chi connectivity index (χ1v) is 6.61. The Morgan fingerprint density at radius 1 is 1.14 bits per heavy atom. The number of halogens is 1. The van der Waals surface area contributed by atoms with Gasteiger partial charge in [0.25, 0.3) is 5.69 Å². The molecule has 3 rings (SSSR count). The highest BCUT2D eigenvalue weighted by Gasteiger charge is 2.11. The summed E-state index contributed by atoms with van der Waals surface area (Å²) in [4.78, 5) is 31.0. The minimum Gasteiger partial charge on any atom is -0.306 e. The average molecular weight is 317 g/mol. The summed E-state index contributed by atoms with van der Waals surface area (Å²) in [6.07, 6.45) is 1.50. The number of fused-ring (bicyclic) bond motifs is 1. The van der Waals surface area contributed by atoms with E-state index in [4.69, 9.17) is 11.6 Å². The lowest BCUT2D eigenvalue weighted by Crippen LogP contribution is -1.99. The van der Waals surface area contributed by atoms with Crippen LogP contribution >= 0.6 is 11.6 Å². The normalized spacial score (nSPS) is 11.3. The number of nitrogens with zero attached hydrogens (tertiary/aromatic N) is 2. The smallest absolute Gasteiger partial charge is 0.306 e. The van der Waals surface area contributed by atoms with E-state index in [1.54, 1.807) is 24.3 Å². The fourth-order valence-electron chi connectivity index (χ4n) is 2.00. The Hall–Kier alpha value is -2.93. The van der Waals surface area contributed by atoms with Gasteiger partial charge in [0.15, 0.2) is 0 Å². The molecule has 0 aliphatic heterocycles. The number of aliphatic imine (C=N–C) groups is 1. The number of hydrogen-bond acceptors (Lipinski definition) is 4. The topological polar surface area (TPSA) is 104 Å². The van der Waals surface area contributed by atoms with E-state index in [0.29, 0.717) is 22.3 Å². The number of aromatic nitrogens is 2. The van der Waals surface area contributed by atoms with Crippen molar-refractivity contribution >= 4 is 40.2 Å². The van der Waals surface area contributed by atoms with Gasteiger partial charge in [-0.3, -0.25) is 15.1 Å². The Morgan fingerprint density at radius 2 is 1.91 bits per heavy atom. The molecule has 3 aromatic rings. The highest BCUT2D eigenvalue weighted by Crippen LogP contribution is 2.25. The number of nitrogens with one attached hydrogen (secondary N) is 2. The maximum atomic E-state index is 11.2. The molecule has 7 nitrogen and oxygen atoms in total. The molecule has 2 N–H and O–H groups in total. The Kier molecular flexibility index (Phi) is 3.48. The average Bonchev–Trinajstić information content (AvgIpc) is 2.85. The fraction of sp³-hybridized carbons (Fsp3) is 0. The second-order valence-corrected chi connectivity index (χ2v) is 4.94. The summed E-state index contributed by atoms with van der Waals surface area (Å²) >= 11 is 5.75. The molecular formula is C14H9ClN4O3. The zero-order valence-electron chi connectivity index (χ0n) is 11.0. The Bertz CT molecular complexity index is 958. The van der Waals surface area contributed by atoms with Crippen LogP contribution in [0.1, 0.15) is 5.56 Å². The maximum absolute atomic E-state index is 11.2. The third kappa shape index (κ3) is 2.75. The van der Waals surface area contributed by atoms with Gasteiger partial charge in [-0.15, -0.1) is 0 Å². The summed E-state index contributed by atoms with van der Waals surface area (Å²) < 4.78 is 0. The highest BCUT2D eigenvalue weighted by atomic mass is 35.5. The van der Waals surface area contributed by atoms with Gasteiger partial charge in [-0.05, 0) is 29.8 Å². The van der Waals surface area contributed by atoms with E-state index in [1.807, 2.05) is 0 Å². The van der Waals surface area contributed by atoms with E-state index < -0.39 is 4.92 Å². The van der Waals surface area contributed by atoms with Crippen molar-refractivity contribution in [2.75, 3.05) is 0 Å². The van der Waals surface area contributed by atoms with E-state index >= 15 is 0 Å². The third-order valence-electron chi connectivity index (χ3n) is 3.03. The summed E-state index contributed by atoms with van der Waals surface area (Å²) in [7, 11) is 0. The minimum absolute atomic E-state index is 0.0773. The van der Waals surface area contributed by atoms with Crippen LogP contribution in [0.15, 0.2) is 46.2 Å². The summed E-state index contributed by atoms with van der Waals surface area (Å²) in [5, 5.41) is 10.9. The number of nitro benzene ring substituents is 1. The fourth-order valence-corrected chi connectivity index (χ4v) is 2.19. The Morgan fingerprint density at radius 3 is 2.68 bits per heavy atom. The lowest BCUT2D eigenvalue weighted by Gasteiger charge is -1.97. The largest absolute Gasteiger partial charge is 0.323 e.